The molecule has 0 amide bonds. The SMILES string of the molecule is Cc1c(F)cccc1-c1nccn1[C@@H]1COC[C@H]1Cc1ccncc1. The first-order valence-electron chi connectivity index (χ1n) is 8.49. The van der Waals surface area contributed by atoms with E-state index in [0.717, 1.165) is 17.8 Å². The number of hydrogen-bond acceptors (Lipinski definition) is 3. The van der Waals surface area contributed by atoms with Crippen LogP contribution in [0, 0.1) is 18.7 Å². The van der Waals surface area contributed by atoms with Gasteiger partial charge in [-0.2, -0.15) is 0 Å². The summed E-state index contributed by atoms with van der Waals surface area (Å²) >= 11 is 0. The van der Waals surface area contributed by atoms with Gasteiger partial charge < -0.3 is 9.30 Å². The van der Waals surface area contributed by atoms with Gasteiger partial charge in [0.25, 0.3) is 0 Å². The molecule has 4 rings (SSSR count). The number of pyridine rings is 1. The molecule has 3 aromatic rings. The van der Waals surface area contributed by atoms with E-state index in [1.54, 1.807) is 19.2 Å². The van der Waals surface area contributed by atoms with E-state index in [2.05, 4.69) is 14.5 Å². The van der Waals surface area contributed by atoms with E-state index in [1.807, 2.05) is 36.8 Å². The molecule has 0 aliphatic carbocycles. The number of benzene rings is 1. The molecule has 0 saturated carbocycles. The Morgan fingerprint density at radius 1 is 1.16 bits per heavy atom. The Labute approximate surface area is 146 Å². The van der Waals surface area contributed by atoms with Gasteiger partial charge in [0.15, 0.2) is 0 Å². The molecule has 25 heavy (non-hydrogen) atoms. The first-order chi connectivity index (χ1) is 12.2. The second-order valence-corrected chi connectivity index (χ2v) is 6.49. The summed E-state index contributed by atoms with van der Waals surface area (Å²) in [6.07, 6.45) is 8.31. The van der Waals surface area contributed by atoms with Crippen molar-refractivity contribution in [2.24, 2.45) is 5.92 Å². The molecule has 0 bridgehead atoms. The van der Waals surface area contributed by atoms with E-state index < -0.39 is 0 Å². The minimum atomic E-state index is -0.206. The normalized spacial score (nSPS) is 20.1. The predicted molar refractivity (Wildman–Crippen MR) is 93.6 cm³/mol. The van der Waals surface area contributed by atoms with E-state index in [0.29, 0.717) is 24.7 Å². The summed E-state index contributed by atoms with van der Waals surface area (Å²) in [6.45, 7) is 3.16. The highest BCUT2D eigenvalue weighted by Gasteiger charge is 2.31. The van der Waals surface area contributed by atoms with Crippen molar-refractivity contribution in [1.82, 2.24) is 14.5 Å². The standard InChI is InChI=1S/C20H20FN3O/c1-14-17(3-2-4-18(14)21)20-23-9-10-24(20)19-13-25-12-16(19)11-15-5-7-22-8-6-15/h2-10,16,19H,11-13H2,1H3/t16-,19-/m1/s1. The van der Waals surface area contributed by atoms with Crippen LogP contribution in [0.2, 0.25) is 0 Å². The third-order valence-corrected chi connectivity index (χ3v) is 4.95. The fourth-order valence-corrected chi connectivity index (χ4v) is 3.55. The zero-order chi connectivity index (χ0) is 17.2. The fraction of sp³-hybridized carbons (Fsp3) is 0.300. The highest BCUT2D eigenvalue weighted by atomic mass is 19.1. The molecular weight excluding hydrogens is 317 g/mol. The van der Waals surface area contributed by atoms with Gasteiger partial charge in [0.05, 0.1) is 19.3 Å². The van der Waals surface area contributed by atoms with E-state index in [4.69, 9.17) is 4.74 Å². The minimum Gasteiger partial charge on any atom is -0.379 e. The topological polar surface area (TPSA) is 39.9 Å². The average molecular weight is 337 g/mol. The lowest BCUT2D eigenvalue weighted by molar-refractivity contribution is 0.181. The van der Waals surface area contributed by atoms with Gasteiger partial charge in [-0.25, -0.2) is 9.37 Å². The van der Waals surface area contributed by atoms with Gasteiger partial charge in [0.1, 0.15) is 11.6 Å². The first kappa shape index (κ1) is 16.0. The van der Waals surface area contributed by atoms with Crippen molar-refractivity contribution >= 4 is 0 Å². The Bertz CT molecular complexity index is 862. The van der Waals surface area contributed by atoms with Crippen LogP contribution in [0.25, 0.3) is 11.4 Å². The summed E-state index contributed by atoms with van der Waals surface area (Å²) in [5.74, 6) is 0.944. The maximum atomic E-state index is 14.0. The molecule has 1 fully saturated rings. The highest BCUT2D eigenvalue weighted by molar-refractivity contribution is 5.60. The highest BCUT2D eigenvalue weighted by Crippen LogP contribution is 2.33. The van der Waals surface area contributed by atoms with Gasteiger partial charge in [-0.15, -0.1) is 0 Å². The second-order valence-electron chi connectivity index (χ2n) is 6.49. The Hall–Kier alpha value is -2.53. The van der Waals surface area contributed by atoms with Gasteiger partial charge in [0, 0.05) is 36.3 Å². The molecular formula is C20H20FN3O. The zero-order valence-corrected chi connectivity index (χ0v) is 14.1. The Kier molecular flexibility index (Phi) is 4.32. The average Bonchev–Trinajstić information content (AvgIpc) is 3.27. The lowest BCUT2D eigenvalue weighted by Gasteiger charge is -2.22. The molecule has 1 aromatic carbocycles. The van der Waals surface area contributed by atoms with Crippen molar-refractivity contribution in [2.45, 2.75) is 19.4 Å². The van der Waals surface area contributed by atoms with Crippen LogP contribution in [0.15, 0.2) is 55.1 Å². The Morgan fingerprint density at radius 2 is 2.00 bits per heavy atom. The number of aromatic nitrogens is 3. The van der Waals surface area contributed by atoms with Crippen LogP contribution >= 0.6 is 0 Å². The van der Waals surface area contributed by atoms with Crippen molar-refractivity contribution in [1.29, 1.82) is 0 Å². The molecule has 2 aromatic heterocycles. The molecule has 128 valence electrons. The van der Waals surface area contributed by atoms with Crippen molar-refractivity contribution in [3.8, 4) is 11.4 Å². The van der Waals surface area contributed by atoms with Gasteiger partial charge in [-0.1, -0.05) is 12.1 Å². The van der Waals surface area contributed by atoms with E-state index in [1.165, 1.54) is 11.6 Å². The van der Waals surface area contributed by atoms with E-state index in [-0.39, 0.29) is 11.9 Å². The Balaban J connectivity index is 1.66. The van der Waals surface area contributed by atoms with Crippen LogP contribution < -0.4 is 0 Å². The monoisotopic (exact) mass is 337 g/mol. The summed E-state index contributed by atoms with van der Waals surface area (Å²) in [5, 5.41) is 0. The van der Waals surface area contributed by atoms with Crippen LogP contribution in [-0.2, 0) is 11.2 Å². The van der Waals surface area contributed by atoms with Crippen molar-refractivity contribution in [3.05, 3.63) is 72.1 Å². The van der Waals surface area contributed by atoms with Gasteiger partial charge in [-0.3, -0.25) is 4.98 Å². The molecule has 1 aliphatic heterocycles. The number of imidazole rings is 1. The van der Waals surface area contributed by atoms with Crippen LogP contribution in [0.1, 0.15) is 17.2 Å². The van der Waals surface area contributed by atoms with E-state index >= 15 is 0 Å². The molecule has 0 radical (unpaired) electrons. The largest absolute Gasteiger partial charge is 0.379 e. The number of ether oxygens (including phenoxy) is 1. The molecule has 1 saturated heterocycles. The Morgan fingerprint density at radius 3 is 2.84 bits per heavy atom. The summed E-state index contributed by atoms with van der Waals surface area (Å²) in [6, 6.07) is 9.41. The third-order valence-electron chi connectivity index (χ3n) is 4.95. The smallest absolute Gasteiger partial charge is 0.140 e. The fourth-order valence-electron chi connectivity index (χ4n) is 3.55. The summed E-state index contributed by atoms with van der Waals surface area (Å²) in [7, 11) is 0. The van der Waals surface area contributed by atoms with Crippen molar-refractivity contribution in [3.63, 3.8) is 0 Å². The van der Waals surface area contributed by atoms with Crippen LogP contribution in [0.5, 0.6) is 0 Å². The van der Waals surface area contributed by atoms with Crippen LogP contribution in [0.4, 0.5) is 4.39 Å². The van der Waals surface area contributed by atoms with Gasteiger partial charge in [0.2, 0.25) is 0 Å². The molecule has 0 unspecified atom stereocenters. The summed E-state index contributed by atoms with van der Waals surface area (Å²) < 4.78 is 21.9. The van der Waals surface area contributed by atoms with Gasteiger partial charge >= 0.3 is 0 Å². The lowest BCUT2D eigenvalue weighted by atomic mass is 9.95. The van der Waals surface area contributed by atoms with Crippen LogP contribution in [-0.4, -0.2) is 27.7 Å². The lowest BCUT2D eigenvalue weighted by Crippen LogP contribution is -2.20. The molecule has 3 heterocycles. The van der Waals surface area contributed by atoms with Crippen molar-refractivity contribution in [2.75, 3.05) is 13.2 Å². The second kappa shape index (κ2) is 6.76. The first-order valence-corrected chi connectivity index (χ1v) is 8.49. The predicted octanol–water partition coefficient (Wildman–Crippen LogP) is 3.82. The molecule has 0 N–H and O–H groups in total. The maximum absolute atomic E-state index is 14.0. The molecule has 0 spiro atoms. The molecule has 5 heteroatoms. The number of nitrogens with zero attached hydrogens (tertiary/aromatic N) is 3. The number of rotatable bonds is 4. The number of halogens is 1. The molecule has 4 nitrogen and oxygen atoms in total. The zero-order valence-electron chi connectivity index (χ0n) is 14.1. The maximum Gasteiger partial charge on any atom is 0.140 e. The van der Waals surface area contributed by atoms with Crippen molar-refractivity contribution < 1.29 is 9.13 Å². The third kappa shape index (κ3) is 3.07. The van der Waals surface area contributed by atoms with Gasteiger partial charge in [-0.05, 0) is 42.7 Å². The summed E-state index contributed by atoms with van der Waals surface area (Å²) in [5.41, 5.74) is 2.71. The number of hydrogen-bond donors (Lipinski definition) is 0. The van der Waals surface area contributed by atoms with Crippen LogP contribution in [0.3, 0.4) is 0 Å². The van der Waals surface area contributed by atoms with E-state index in [9.17, 15) is 4.39 Å². The summed E-state index contributed by atoms with van der Waals surface area (Å²) in [4.78, 5) is 8.58. The quantitative estimate of drug-likeness (QED) is 0.726. The molecule has 1 aliphatic rings. The minimum absolute atomic E-state index is 0.188. The molecule has 2 atom stereocenters.